The van der Waals surface area contributed by atoms with Crippen LogP contribution < -0.4 is 4.90 Å². The van der Waals surface area contributed by atoms with Crippen LogP contribution in [-0.2, 0) is 0 Å². The van der Waals surface area contributed by atoms with Gasteiger partial charge in [-0.15, -0.1) is 0 Å². The quantitative estimate of drug-likeness (QED) is 0.631. The number of anilines is 1. The molecule has 0 unspecified atom stereocenters. The molecule has 1 amide bonds. The Balaban J connectivity index is 1.69. The molecule has 1 aliphatic heterocycles. The smallest absolute Gasteiger partial charge is 0.287 e. The average Bonchev–Trinajstić information content (AvgIpc) is 2.88. The monoisotopic (exact) mass is 344 g/mol. The molecule has 25 heavy (non-hydrogen) atoms. The van der Waals surface area contributed by atoms with Crippen LogP contribution in [0.3, 0.4) is 0 Å². The van der Waals surface area contributed by atoms with E-state index >= 15 is 0 Å². The van der Waals surface area contributed by atoms with Crippen LogP contribution in [0.4, 0.5) is 15.9 Å². The molecule has 1 aromatic heterocycles. The van der Waals surface area contributed by atoms with Crippen molar-refractivity contribution in [1.82, 2.24) is 9.88 Å². The molecule has 1 saturated heterocycles. The molecule has 1 aliphatic rings. The van der Waals surface area contributed by atoms with Crippen LogP contribution >= 0.6 is 0 Å². The zero-order chi connectivity index (χ0) is 17.8. The van der Waals surface area contributed by atoms with Gasteiger partial charge in [0.1, 0.15) is 17.8 Å². The van der Waals surface area contributed by atoms with E-state index in [2.05, 4.69) is 4.98 Å². The van der Waals surface area contributed by atoms with Gasteiger partial charge in [-0.1, -0.05) is 12.1 Å². The van der Waals surface area contributed by atoms with Crippen LogP contribution in [0.25, 0.3) is 0 Å². The summed E-state index contributed by atoms with van der Waals surface area (Å²) in [6.45, 7) is 2.17. The number of pyridine rings is 1. The standard InChI is InChI=1S/C17H17FN4O3/c18-15-5-2-1-4-14(15)17(23)21-9-3-8-20(10-11-21)16-7-6-13(12-19-16)22(24)25/h1-2,4-7,12H,3,8-11H2. The van der Waals surface area contributed by atoms with Gasteiger partial charge in [0.05, 0.1) is 10.5 Å². The minimum Gasteiger partial charge on any atom is -0.355 e. The number of benzene rings is 1. The second kappa shape index (κ2) is 7.25. The molecule has 0 radical (unpaired) electrons. The average molecular weight is 344 g/mol. The molecule has 8 heteroatoms. The van der Waals surface area contributed by atoms with Gasteiger partial charge in [0.15, 0.2) is 0 Å². The van der Waals surface area contributed by atoms with Crippen molar-refractivity contribution < 1.29 is 14.1 Å². The number of hydrogen-bond acceptors (Lipinski definition) is 5. The molecule has 0 bridgehead atoms. The molecule has 0 aliphatic carbocycles. The van der Waals surface area contributed by atoms with Crippen LogP contribution in [0.5, 0.6) is 0 Å². The Morgan fingerprint density at radius 3 is 2.60 bits per heavy atom. The fourth-order valence-corrected chi connectivity index (χ4v) is 2.83. The lowest BCUT2D eigenvalue weighted by Gasteiger charge is -2.23. The number of carbonyl (C=O) groups excluding carboxylic acids is 1. The van der Waals surface area contributed by atoms with Gasteiger partial charge in [0.2, 0.25) is 0 Å². The summed E-state index contributed by atoms with van der Waals surface area (Å²) in [6, 6.07) is 8.97. The van der Waals surface area contributed by atoms with Gasteiger partial charge < -0.3 is 9.80 Å². The molecule has 7 nitrogen and oxygen atoms in total. The van der Waals surface area contributed by atoms with Crippen molar-refractivity contribution in [2.24, 2.45) is 0 Å². The summed E-state index contributed by atoms with van der Waals surface area (Å²) >= 11 is 0. The molecule has 2 heterocycles. The predicted octanol–water partition coefficient (Wildman–Crippen LogP) is 2.48. The number of nitrogens with zero attached hydrogens (tertiary/aromatic N) is 4. The molecular formula is C17H17FN4O3. The Bertz CT molecular complexity index is 782. The third-order valence-electron chi connectivity index (χ3n) is 4.15. The van der Waals surface area contributed by atoms with E-state index in [1.54, 1.807) is 23.1 Å². The van der Waals surface area contributed by atoms with Gasteiger partial charge in [0, 0.05) is 32.2 Å². The van der Waals surface area contributed by atoms with Gasteiger partial charge in [-0.05, 0) is 24.6 Å². The van der Waals surface area contributed by atoms with Crippen molar-refractivity contribution in [2.75, 3.05) is 31.1 Å². The van der Waals surface area contributed by atoms with E-state index in [9.17, 15) is 19.3 Å². The maximum atomic E-state index is 13.8. The van der Waals surface area contributed by atoms with Crippen molar-refractivity contribution in [3.63, 3.8) is 0 Å². The lowest BCUT2D eigenvalue weighted by molar-refractivity contribution is -0.385. The van der Waals surface area contributed by atoms with E-state index in [1.807, 2.05) is 4.90 Å². The van der Waals surface area contributed by atoms with Crippen LogP contribution in [0.2, 0.25) is 0 Å². The summed E-state index contributed by atoms with van der Waals surface area (Å²) in [5.41, 5.74) is 0.0133. The molecule has 0 N–H and O–H groups in total. The summed E-state index contributed by atoms with van der Waals surface area (Å²) in [6.07, 6.45) is 1.93. The molecule has 2 aromatic rings. The highest BCUT2D eigenvalue weighted by Crippen LogP contribution is 2.18. The Kier molecular flexibility index (Phi) is 4.87. The number of aromatic nitrogens is 1. The maximum absolute atomic E-state index is 13.8. The second-order valence-electron chi connectivity index (χ2n) is 5.74. The number of amides is 1. The van der Waals surface area contributed by atoms with Crippen molar-refractivity contribution in [3.8, 4) is 0 Å². The highest BCUT2D eigenvalue weighted by Gasteiger charge is 2.23. The van der Waals surface area contributed by atoms with Gasteiger partial charge in [-0.25, -0.2) is 9.37 Å². The fraction of sp³-hybridized carbons (Fsp3) is 0.294. The van der Waals surface area contributed by atoms with Gasteiger partial charge in [0.25, 0.3) is 11.6 Å². The van der Waals surface area contributed by atoms with Crippen LogP contribution in [0, 0.1) is 15.9 Å². The van der Waals surface area contributed by atoms with Crippen molar-refractivity contribution >= 4 is 17.4 Å². The van der Waals surface area contributed by atoms with E-state index in [4.69, 9.17) is 0 Å². The largest absolute Gasteiger partial charge is 0.355 e. The summed E-state index contributed by atoms with van der Waals surface area (Å²) < 4.78 is 13.8. The van der Waals surface area contributed by atoms with Crippen molar-refractivity contribution in [3.05, 3.63) is 64.1 Å². The third kappa shape index (κ3) is 3.73. The third-order valence-corrected chi connectivity index (χ3v) is 4.15. The zero-order valence-corrected chi connectivity index (χ0v) is 13.5. The van der Waals surface area contributed by atoms with E-state index in [0.29, 0.717) is 38.4 Å². The van der Waals surface area contributed by atoms with E-state index in [-0.39, 0.29) is 17.2 Å². The summed E-state index contributed by atoms with van der Waals surface area (Å²) in [4.78, 5) is 30.4. The zero-order valence-electron chi connectivity index (χ0n) is 13.5. The first kappa shape index (κ1) is 16.8. The van der Waals surface area contributed by atoms with Gasteiger partial charge in [-0.2, -0.15) is 0 Å². The maximum Gasteiger partial charge on any atom is 0.287 e. The number of rotatable bonds is 3. The first-order valence-electron chi connectivity index (χ1n) is 7.95. The molecule has 0 atom stereocenters. The van der Waals surface area contributed by atoms with E-state index in [0.717, 1.165) is 0 Å². The Labute approximate surface area is 143 Å². The minimum absolute atomic E-state index is 0.0603. The molecular weight excluding hydrogens is 327 g/mol. The van der Waals surface area contributed by atoms with Gasteiger partial charge >= 0.3 is 0 Å². The Hall–Kier alpha value is -3.03. The normalized spacial score (nSPS) is 14.9. The first-order valence-corrected chi connectivity index (χ1v) is 7.95. The molecule has 130 valence electrons. The number of nitro groups is 1. The Morgan fingerprint density at radius 1 is 1.12 bits per heavy atom. The molecule has 1 fully saturated rings. The number of halogens is 1. The lowest BCUT2D eigenvalue weighted by Crippen LogP contribution is -2.35. The van der Waals surface area contributed by atoms with Crippen molar-refractivity contribution in [2.45, 2.75) is 6.42 Å². The minimum atomic E-state index is -0.523. The predicted molar refractivity (Wildman–Crippen MR) is 90.0 cm³/mol. The molecule has 0 spiro atoms. The van der Waals surface area contributed by atoms with Crippen LogP contribution in [0.15, 0.2) is 42.6 Å². The number of hydrogen-bond donors (Lipinski definition) is 0. The Morgan fingerprint density at radius 2 is 1.92 bits per heavy atom. The molecule has 3 rings (SSSR count). The molecule has 0 saturated carbocycles. The first-order chi connectivity index (χ1) is 12.1. The topological polar surface area (TPSA) is 79.6 Å². The summed E-state index contributed by atoms with van der Waals surface area (Å²) in [5, 5.41) is 10.7. The fourth-order valence-electron chi connectivity index (χ4n) is 2.83. The highest BCUT2D eigenvalue weighted by molar-refractivity contribution is 5.94. The van der Waals surface area contributed by atoms with E-state index in [1.165, 1.54) is 24.4 Å². The summed E-state index contributed by atoms with van der Waals surface area (Å²) in [5.74, 6) is -0.215. The molecule has 1 aromatic carbocycles. The lowest BCUT2D eigenvalue weighted by atomic mass is 10.2. The van der Waals surface area contributed by atoms with E-state index < -0.39 is 10.7 Å². The summed E-state index contributed by atoms with van der Waals surface area (Å²) in [7, 11) is 0. The highest BCUT2D eigenvalue weighted by atomic mass is 19.1. The SMILES string of the molecule is O=C(c1ccccc1F)N1CCCN(c2ccc([N+](=O)[O-])cn2)CC1. The van der Waals surface area contributed by atoms with Crippen LogP contribution in [0.1, 0.15) is 16.8 Å². The van der Waals surface area contributed by atoms with Crippen LogP contribution in [-0.4, -0.2) is 46.9 Å². The van der Waals surface area contributed by atoms with Gasteiger partial charge in [-0.3, -0.25) is 14.9 Å². The number of carbonyl (C=O) groups is 1. The van der Waals surface area contributed by atoms with Crippen molar-refractivity contribution in [1.29, 1.82) is 0 Å². The second-order valence-corrected chi connectivity index (χ2v) is 5.74.